The minimum absolute atomic E-state index is 0.0910. The summed E-state index contributed by atoms with van der Waals surface area (Å²) < 4.78 is 5.25. The van der Waals surface area contributed by atoms with Gasteiger partial charge in [0.1, 0.15) is 5.82 Å². The summed E-state index contributed by atoms with van der Waals surface area (Å²) in [5, 5.41) is 0. The third-order valence-corrected chi connectivity index (χ3v) is 5.03. The van der Waals surface area contributed by atoms with Crippen LogP contribution in [-0.2, 0) is 4.74 Å². The second-order valence-corrected chi connectivity index (χ2v) is 6.91. The number of piperazine rings is 1. The first-order valence-electron chi connectivity index (χ1n) is 8.85. The fourth-order valence-electron chi connectivity index (χ4n) is 3.54. The van der Waals surface area contributed by atoms with Crippen LogP contribution in [0.1, 0.15) is 23.2 Å². The Labute approximate surface area is 144 Å². The fraction of sp³-hybridized carbons (Fsp3) is 0.667. The molecule has 1 amide bonds. The third-order valence-electron chi connectivity index (χ3n) is 5.03. The van der Waals surface area contributed by atoms with Crippen LogP contribution in [0.25, 0.3) is 0 Å². The summed E-state index contributed by atoms with van der Waals surface area (Å²) in [5.41, 5.74) is 0.686. The Kier molecular flexibility index (Phi) is 5.68. The number of hydrogen-bond donors (Lipinski definition) is 0. The van der Waals surface area contributed by atoms with Gasteiger partial charge >= 0.3 is 0 Å². The number of pyridine rings is 1. The molecule has 2 fully saturated rings. The third kappa shape index (κ3) is 4.05. The summed E-state index contributed by atoms with van der Waals surface area (Å²) in [6.07, 6.45) is 3.92. The Morgan fingerprint density at radius 1 is 1.25 bits per heavy atom. The van der Waals surface area contributed by atoms with Crippen molar-refractivity contribution in [2.24, 2.45) is 5.92 Å². The molecule has 24 heavy (non-hydrogen) atoms. The fourth-order valence-corrected chi connectivity index (χ4v) is 3.54. The highest BCUT2D eigenvalue weighted by atomic mass is 16.5. The molecule has 0 radical (unpaired) electrons. The molecule has 2 aliphatic rings. The predicted molar refractivity (Wildman–Crippen MR) is 94.5 cm³/mol. The van der Waals surface area contributed by atoms with E-state index in [0.717, 1.165) is 64.5 Å². The van der Waals surface area contributed by atoms with Gasteiger partial charge in [0.05, 0.1) is 12.2 Å². The number of ether oxygens (including phenoxy) is 1. The van der Waals surface area contributed by atoms with Crippen molar-refractivity contribution >= 4 is 11.7 Å². The standard InChI is InChI=1S/C18H28N4O2/c1-20-8-10-21(11-9-20)17-6-5-16(12-19-17)18(23)22-7-3-4-15(13-22)14-24-2/h5-6,12,15H,3-4,7-11,13-14H2,1-2H3/t15-/m0/s1. The van der Waals surface area contributed by atoms with E-state index in [-0.39, 0.29) is 5.91 Å². The number of carbonyl (C=O) groups excluding carboxylic acids is 1. The summed E-state index contributed by atoms with van der Waals surface area (Å²) in [6, 6.07) is 3.90. The average Bonchev–Trinajstić information content (AvgIpc) is 2.62. The summed E-state index contributed by atoms with van der Waals surface area (Å²) >= 11 is 0. The van der Waals surface area contributed by atoms with Crippen LogP contribution in [0.15, 0.2) is 18.3 Å². The Balaban J connectivity index is 1.61. The largest absolute Gasteiger partial charge is 0.384 e. The van der Waals surface area contributed by atoms with Crippen molar-refractivity contribution in [3.05, 3.63) is 23.9 Å². The molecular formula is C18H28N4O2. The van der Waals surface area contributed by atoms with Gasteiger partial charge in [-0.25, -0.2) is 4.98 Å². The minimum Gasteiger partial charge on any atom is -0.384 e. The van der Waals surface area contributed by atoms with Crippen molar-refractivity contribution in [3.63, 3.8) is 0 Å². The lowest BCUT2D eigenvalue weighted by Crippen LogP contribution is -2.44. The minimum atomic E-state index is 0.0910. The van der Waals surface area contributed by atoms with Gasteiger partial charge in [0, 0.05) is 52.6 Å². The number of piperidine rings is 1. The molecule has 0 aromatic carbocycles. The molecule has 0 unspecified atom stereocenters. The van der Waals surface area contributed by atoms with E-state index in [2.05, 4.69) is 21.8 Å². The zero-order valence-corrected chi connectivity index (χ0v) is 14.8. The van der Waals surface area contributed by atoms with Crippen molar-refractivity contribution < 1.29 is 9.53 Å². The van der Waals surface area contributed by atoms with Gasteiger partial charge < -0.3 is 19.4 Å². The van der Waals surface area contributed by atoms with Crippen LogP contribution in [0.5, 0.6) is 0 Å². The molecule has 1 aromatic heterocycles. The van der Waals surface area contributed by atoms with Crippen LogP contribution in [0.3, 0.4) is 0 Å². The number of hydrogen-bond acceptors (Lipinski definition) is 5. The number of amides is 1. The van der Waals surface area contributed by atoms with Crippen LogP contribution < -0.4 is 4.90 Å². The van der Waals surface area contributed by atoms with E-state index in [1.165, 1.54) is 0 Å². The van der Waals surface area contributed by atoms with E-state index < -0.39 is 0 Å². The zero-order valence-electron chi connectivity index (χ0n) is 14.8. The number of likely N-dealkylation sites (N-methyl/N-ethyl adjacent to an activating group) is 1. The Morgan fingerprint density at radius 2 is 2.04 bits per heavy atom. The van der Waals surface area contributed by atoms with Crippen molar-refractivity contribution in [3.8, 4) is 0 Å². The molecule has 0 saturated carbocycles. The molecule has 1 atom stereocenters. The van der Waals surface area contributed by atoms with Gasteiger partial charge in [-0.3, -0.25) is 4.79 Å². The molecule has 3 heterocycles. The van der Waals surface area contributed by atoms with E-state index in [9.17, 15) is 4.79 Å². The van der Waals surface area contributed by atoms with Crippen LogP contribution in [0.4, 0.5) is 5.82 Å². The highest BCUT2D eigenvalue weighted by molar-refractivity contribution is 5.94. The number of methoxy groups -OCH3 is 1. The molecule has 0 aliphatic carbocycles. The lowest BCUT2D eigenvalue weighted by molar-refractivity contribution is 0.0570. The second kappa shape index (κ2) is 7.94. The lowest BCUT2D eigenvalue weighted by Gasteiger charge is -2.33. The maximum absolute atomic E-state index is 12.7. The summed E-state index contributed by atoms with van der Waals surface area (Å²) in [6.45, 7) is 6.42. The van der Waals surface area contributed by atoms with Gasteiger partial charge in [0.25, 0.3) is 5.91 Å². The smallest absolute Gasteiger partial charge is 0.255 e. The van der Waals surface area contributed by atoms with Crippen molar-refractivity contribution in [2.45, 2.75) is 12.8 Å². The molecule has 0 N–H and O–H groups in total. The summed E-state index contributed by atoms with van der Waals surface area (Å²) in [4.78, 5) is 23.8. The summed E-state index contributed by atoms with van der Waals surface area (Å²) in [7, 11) is 3.86. The first-order valence-corrected chi connectivity index (χ1v) is 8.85. The maximum Gasteiger partial charge on any atom is 0.255 e. The normalized spacial score (nSPS) is 22.7. The van der Waals surface area contributed by atoms with Crippen LogP contribution >= 0.6 is 0 Å². The van der Waals surface area contributed by atoms with Crippen molar-refractivity contribution in [1.29, 1.82) is 0 Å². The number of likely N-dealkylation sites (tertiary alicyclic amines) is 1. The molecule has 132 valence electrons. The number of nitrogens with zero attached hydrogens (tertiary/aromatic N) is 4. The molecule has 0 bridgehead atoms. The number of aromatic nitrogens is 1. The van der Waals surface area contributed by atoms with E-state index in [1.807, 2.05) is 17.0 Å². The molecule has 6 heteroatoms. The van der Waals surface area contributed by atoms with Crippen LogP contribution in [0, 0.1) is 5.92 Å². The number of rotatable bonds is 4. The van der Waals surface area contributed by atoms with Gasteiger partial charge in [-0.1, -0.05) is 0 Å². The SMILES string of the molecule is COC[C@H]1CCCN(C(=O)c2ccc(N3CCN(C)CC3)nc2)C1. The van der Waals surface area contributed by atoms with E-state index in [0.29, 0.717) is 11.5 Å². The van der Waals surface area contributed by atoms with E-state index in [1.54, 1.807) is 13.3 Å². The highest BCUT2D eigenvalue weighted by Crippen LogP contribution is 2.20. The first kappa shape index (κ1) is 17.2. The van der Waals surface area contributed by atoms with Gasteiger partial charge in [0.15, 0.2) is 0 Å². The Hall–Kier alpha value is -1.66. The van der Waals surface area contributed by atoms with Gasteiger partial charge in [-0.2, -0.15) is 0 Å². The van der Waals surface area contributed by atoms with Gasteiger partial charge in [-0.05, 0) is 37.9 Å². The Morgan fingerprint density at radius 3 is 2.71 bits per heavy atom. The second-order valence-electron chi connectivity index (χ2n) is 6.91. The Bertz CT molecular complexity index is 538. The maximum atomic E-state index is 12.7. The van der Waals surface area contributed by atoms with Crippen LogP contribution in [-0.4, -0.2) is 80.7 Å². The van der Waals surface area contributed by atoms with E-state index in [4.69, 9.17) is 4.74 Å². The monoisotopic (exact) mass is 332 g/mol. The summed E-state index contributed by atoms with van der Waals surface area (Å²) in [5.74, 6) is 1.51. The molecule has 1 aromatic rings. The number of carbonyl (C=O) groups is 1. The lowest BCUT2D eigenvalue weighted by atomic mass is 9.98. The molecule has 2 saturated heterocycles. The highest BCUT2D eigenvalue weighted by Gasteiger charge is 2.25. The molecule has 2 aliphatic heterocycles. The van der Waals surface area contributed by atoms with Gasteiger partial charge in [0.2, 0.25) is 0 Å². The molecule has 0 spiro atoms. The molecule has 3 rings (SSSR count). The predicted octanol–water partition coefficient (Wildman–Crippen LogP) is 1.33. The van der Waals surface area contributed by atoms with Gasteiger partial charge in [-0.15, -0.1) is 0 Å². The van der Waals surface area contributed by atoms with Crippen LogP contribution in [0.2, 0.25) is 0 Å². The quantitative estimate of drug-likeness (QED) is 0.833. The first-order chi connectivity index (χ1) is 11.7. The molecule has 6 nitrogen and oxygen atoms in total. The molecular weight excluding hydrogens is 304 g/mol. The topological polar surface area (TPSA) is 48.9 Å². The van der Waals surface area contributed by atoms with E-state index >= 15 is 0 Å². The number of anilines is 1. The van der Waals surface area contributed by atoms with Crippen molar-refractivity contribution in [2.75, 3.05) is 64.9 Å². The average molecular weight is 332 g/mol. The zero-order chi connectivity index (χ0) is 16.9. The van der Waals surface area contributed by atoms with Crippen molar-refractivity contribution in [1.82, 2.24) is 14.8 Å².